The summed E-state index contributed by atoms with van der Waals surface area (Å²) in [5.41, 5.74) is 5.00. The maximum atomic E-state index is 12.7. The largest absolute Gasteiger partial charge is 0.462 e. The monoisotopic (exact) mass is 365 g/mol. The molecule has 140 valence electrons. The van der Waals surface area contributed by atoms with E-state index in [0.717, 1.165) is 41.0 Å². The van der Waals surface area contributed by atoms with Gasteiger partial charge in [0, 0.05) is 29.2 Å². The first-order valence-corrected chi connectivity index (χ1v) is 9.38. The van der Waals surface area contributed by atoms with Crippen LogP contribution >= 0.6 is 0 Å². The summed E-state index contributed by atoms with van der Waals surface area (Å²) in [7, 11) is 1.99. The Kier molecular flexibility index (Phi) is 4.62. The predicted octanol–water partition coefficient (Wildman–Crippen LogP) is 2.60. The Balaban J connectivity index is 1.78. The van der Waals surface area contributed by atoms with Crippen LogP contribution in [0.25, 0.3) is 10.9 Å². The number of ether oxygens (including phenoxy) is 2. The van der Waals surface area contributed by atoms with E-state index >= 15 is 0 Å². The summed E-state index contributed by atoms with van der Waals surface area (Å²) < 4.78 is 13.5. The van der Waals surface area contributed by atoms with Crippen LogP contribution in [0.3, 0.4) is 0 Å². The van der Waals surface area contributed by atoms with Gasteiger partial charge in [-0.15, -0.1) is 0 Å². The van der Waals surface area contributed by atoms with E-state index in [2.05, 4.69) is 28.8 Å². The zero-order valence-corrected chi connectivity index (χ0v) is 16.0. The van der Waals surface area contributed by atoms with Crippen molar-refractivity contribution in [3.05, 3.63) is 64.8 Å². The van der Waals surface area contributed by atoms with E-state index in [1.54, 1.807) is 0 Å². The molecule has 0 spiro atoms. The van der Waals surface area contributed by atoms with Crippen LogP contribution < -0.4 is 9.64 Å². The molecule has 0 radical (unpaired) electrons. The zero-order valence-electron chi connectivity index (χ0n) is 16.0. The van der Waals surface area contributed by atoms with Gasteiger partial charge in [-0.3, -0.25) is 4.90 Å². The molecule has 0 saturated heterocycles. The summed E-state index contributed by atoms with van der Waals surface area (Å²) in [5, 5.41) is 0.969. The number of carbonyl (C=O) groups is 1. The minimum absolute atomic E-state index is 0.260. The van der Waals surface area contributed by atoms with Crippen molar-refractivity contribution < 1.29 is 19.2 Å². The van der Waals surface area contributed by atoms with Crippen LogP contribution in [0.4, 0.5) is 0 Å². The summed E-state index contributed by atoms with van der Waals surface area (Å²) in [5.74, 6) is 0.611. The number of rotatable bonds is 4. The smallest absolute Gasteiger partial charge is 0.340 e. The lowest BCUT2D eigenvalue weighted by atomic mass is 10.0. The fourth-order valence-electron chi connectivity index (χ4n) is 3.95. The van der Waals surface area contributed by atoms with Gasteiger partial charge in [0.05, 0.1) is 17.7 Å². The number of hydrogen-bond acceptors (Lipinski definition) is 3. The molecule has 4 rings (SSSR count). The van der Waals surface area contributed by atoms with E-state index in [1.165, 1.54) is 10.5 Å². The molecule has 2 heterocycles. The Morgan fingerprint density at radius 1 is 1.22 bits per heavy atom. The molecule has 5 nitrogen and oxygen atoms in total. The van der Waals surface area contributed by atoms with E-state index in [4.69, 9.17) is 9.47 Å². The van der Waals surface area contributed by atoms with Gasteiger partial charge >= 0.3 is 5.97 Å². The van der Waals surface area contributed by atoms with Crippen LogP contribution in [0.1, 0.15) is 34.1 Å². The van der Waals surface area contributed by atoms with Crippen LogP contribution in [0.5, 0.6) is 5.75 Å². The van der Waals surface area contributed by atoms with Crippen LogP contribution in [0, 0.1) is 6.92 Å². The van der Waals surface area contributed by atoms with Crippen molar-refractivity contribution in [3.8, 4) is 5.75 Å². The van der Waals surface area contributed by atoms with Crippen LogP contribution in [-0.4, -0.2) is 23.9 Å². The number of benzene rings is 2. The maximum Gasteiger partial charge on any atom is 0.340 e. The lowest BCUT2D eigenvalue weighted by Gasteiger charge is -2.27. The van der Waals surface area contributed by atoms with Crippen molar-refractivity contribution in [1.82, 2.24) is 4.57 Å². The van der Waals surface area contributed by atoms with Crippen molar-refractivity contribution in [1.29, 1.82) is 0 Å². The summed E-state index contributed by atoms with van der Waals surface area (Å²) in [4.78, 5) is 14.0. The Bertz CT molecular complexity index is 992. The molecule has 5 heteroatoms. The third kappa shape index (κ3) is 3.08. The third-order valence-electron chi connectivity index (χ3n) is 5.36. The second-order valence-electron chi connectivity index (χ2n) is 7.05. The number of aromatic nitrogens is 1. The van der Waals surface area contributed by atoms with Crippen LogP contribution in [-0.2, 0) is 24.9 Å². The Morgan fingerprint density at radius 3 is 2.74 bits per heavy atom. The van der Waals surface area contributed by atoms with E-state index in [9.17, 15) is 4.79 Å². The summed E-state index contributed by atoms with van der Waals surface area (Å²) in [6.45, 7) is 6.49. The molecule has 2 aromatic carbocycles. The Morgan fingerprint density at radius 2 is 2.00 bits per heavy atom. The standard InChI is InChI=1S/C22H24N2O3/c1-4-26-22(25)20-15(2)23(3)18-10-11-19-17(21(18)20)13-24(14-27-19)12-16-8-6-5-7-9-16/h5-11H,4,12-14H2,1-3H3/p+1. The normalized spacial score (nSPS) is 16.0. The number of hydrogen-bond donors (Lipinski definition) is 1. The first-order valence-electron chi connectivity index (χ1n) is 9.38. The first kappa shape index (κ1) is 17.6. The minimum atomic E-state index is -0.260. The van der Waals surface area contributed by atoms with Gasteiger partial charge in [0.2, 0.25) is 6.73 Å². The summed E-state index contributed by atoms with van der Waals surface area (Å²) in [6.07, 6.45) is 0. The maximum absolute atomic E-state index is 12.7. The summed E-state index contributed by atoms with van der Waals surface area (Å²) >= 11 is 0. The SMILES string of the molecule is CCOC(=O)c1c(C)n(C)c2ccc3c(c12)C[NH+](Cc1ccccc1)CO3. The van der Waals surface area contributed by atoms with Gasteiger partial charge in [0.15, 0.2) is 0 Å². The highest BCUT2D eigenvalue weighted by Gasteiger charge is 2.29. The molecule has 1 aromatic heterocycles. The molecular formula is C22H25N2O3+. The van der Waals surface area contributed by atoms with Gasteiger partial charge < -0.3 is 14.0 Å². The number of nitrogens with one attached hydrogen (secondary N) is 1. The Hall–Kier alpha value is -2.79. The molecule has 1 aliphatic heterocycles. The third-order valence-corrected chi connectivity index (χ3v) is 5.36. The molecule has 0 amide bonds. The quantitative estimate of drug-likeness (QED) is 0.723. The van der Waals surface area contributed by atoms with E-state index in [-0.39, 0.29) is 5.97 Å². The van der Waals surface area contributed by atoms with Gasteiger partial charge in [-0.1, -0.05) is 30.3 Å². The van der Waals surface area contributed by atoms with Crippen LogP contribution in [0.2, 0.25) is 0 Å². The molecule has 0 saturated carbocycles. The fraction of sp³-hybridized carbons (Fsp3) is 0.318. The number of aryl methyl sites for hydroxylation is 1. The second-order valence-corrected chi connectivity index (χ2v) is 7.05. The molecule has 0 aliphatic carbocycles. The van der Waals surface area contributed by atoms with E-state index in [1.807, 2.05) is 39.1 Å². The summed E-state index contributed by atoms with van der Waals surface area (Å²) in [6, 6.07) is 14.5. The van der Waals surface area contributed by atoms with Crippen LogP contribution in [0.15, 0.2) is 42.5 Å². The average molecular weight is 365 g/mol. The minimum Gasteiger partial charge on any atom is -0.462 e. The van der Waals surface area contributed by atoms with E-state index < -0.39 is 0 Å². The number of carbonyl (C=O) groups excluding carboxylic acids is 1. The molecule has 1 N–H and O–H groups in total. The van der Waals surface area contributed by atoms with Gasteiger partial charge in [-0.25, -0.2) is 4.79 Å². The second kappa shape index (κ2) is 7.08. The average Bonchev–Trinajstić information content (AvgIpc) is 2.94. The number of esters is 1. The molecule has 1 unspecified atom stereocenters. The lowest BCUT2D eigenvalue weighted by Crippen LogP contribution is -3.10. The highest BCUT2D eigenvalue weighted by molar-refractivity contribution is 6.07. The van der Waals surface area contributed by atoms with Crippen molar-refractivity contribution in [2.75, 3.05) is 13.3 Å². The lowest BCUT2D eigenvalue weighted by molar-refractivity contribution is -0.945. The first-order chi connectivity index (χ1) is 13.1. The van der Waals surface area contributed by atoms with Crippen molar-refractivity contribution in [3.63, 3.8) is 0 Å². The molecule has 1 atom stereocenters. The fourth-order valence-corrected chi connectivity index (χ4v) is 3.95. The molecular weight excluding hydrogens is 340 g/mol. The number of quaternary nitrogens is 1. The van der Waals surface area contributed by atoms with Crippen molar-refractivity contribution in [2.45, 2.75) is 26.9 Å². The molecule has 1 aliphatic rings. The van der Waals surface area contributed by atoms with Crippen molar-refractivity contribution in [2.24, 2.45) is 7.05 Å². The predicted molar refractivity (Wildman–Crippen MR) is 104 cm³/mol. The van der Waals surface area contributed by atoms with E-state index in [0.29, 0.717) is 18.9 Å². The number of fused-ring (bicyclic) bond motifs is 3. The number of nitrogens with zero attached hydrogens (tertiary/aromatic N) is 1. The molecule has 0 bridgehead atoms. The van der Waals surface area contributed by atoms with Crippen molar-refractivity contribution >= 4 is 16.9 Å². The van der Waals surface area contributed by atoms with Gasteiger partial charge in [0.25, 0.3) is 0 Å². The highest BCUT2D eigenvalue weighted by atomic mass is 16.5. The highest BCUT2D eigenvalue weighted by Crippen LogP contribution is 2.35. The molecule has 0 fully saturated rings. The van der Waals surface area contributed by atoms with Gasteiger partial charge in [-0.05, 0) is 26.0 Å². The van der Waals surface area contributed by atoms with Gasteiger partial charge in [0.1, 0.15) is 18.8 Å². The Labute approximate surface area is 159 Å². The molecule has 27 heavy (non-hydrogen) atoms. The zero-order chi connectivity index (χ0) is 19.0. The molecule has 3 aromatic rings. The van der Waals surface area contributed by atoms with Gasteiger partial charge in [-0.2, -0.15) is 0 Å². The topological polar surface area (TPSA) is 44.9 Å².